The smallest absolute Gasteiger partial charge is 0.243 e. The highest BCUT2D eigenvalue weighted by atomic mass is 35.5. The van der Waals surface area contributed by atoms with Crippen LogP contribution in [-0.4, -0.2) is 31.1 Å². The maximum atomic E-state index is 13.7. The molecule has 1 aliphatic heterocycles. The quantitative estimate of drug-likeness (QED) is 0.466. The molecule has 3 aromatic carbocycles. The zero-order chi connectivity index (χ0) is 25.0. The van der Waals surface area contributed by atoms with E-state index in [0.29, 0.717) is 29.2 Å². The highest BCUT2D eigenvalue weighted by Crippen LogP contribution is 2.36. The third-order valence-corrected chi connectivity index (χ3v) is 8.11. The molecule has 182 valence electrons. The highest BCUT2D eigenvalue weighted by molar-refractivity contribution is 7.89. The summed E-state index contributed by atoms with van der Waals surface area (Å²) in [6.07, 6.45) is 0.839. The molecule has 1 atom stereocenters. The second-order valence-corrected chi connectivity index (χ2v) is 10.6. The van der Waals surface area contributed by atoms with Crippen molar-refractivity contribution >= 4 is 44.8 Å². The average Bonchev–Trinajstić information content (AvgIpc) is 2.85. The van der Waals surface area contributed by atoms with Gasteiger partial charge in [0.15, 0.2) is 0 Å². The number of hydrogen-bond acceptors (Lipinski definition) is 4. The predicted molar refractivity (Wildman–Crippen MR) is 137 cm³/mol. The molecule has 0 saturated carbocycles. The van der Waals surface area contributed by atoms with Crippen LogP contribution in [0.3, 0.4) is 0 Å². The number of anilines is 2. The normalized spacial score (nSPS) is 15.8. The Morgan fingerprint density at radius 2 is 1.51 bits per heavy atom. The van der Waals surface area contributed by atoms with Crippen molar-refractivity contribution in [3.05, 3.63) is 88.9 Å². The minimum absolute atomic E-state index is 0.0382. The van der Waals surface area contributed by atoms with Crippen LogP contribution in [0.15, 0.2) is 77.7 Å². The Hall–Kier alpha value is -3.20. The van der Waals surface area contributed by atoms with Crippen LogP contribution in [0.4, 0.5) is 11.4 Å². The van der Waals surface area contributed by atoms with Gasteiger partial charge in [0.2, 0.25) is 21.8 Å². The van der Waals surface area contributed by atoms with Gasteiger partial charge >= 0.3 is 0 Å². The van der Waals surface area contributed by atoms with Crippen molar-refractivity contribution in [1.82, 2.24) is 4.31 Å². The van der Waals surface area contributed by atoms with Crippen LogP contribution >= 0.6 is 11.6 Å². The third kappa shape index (κ3) is 5.73. The first-order valence-corrected chi connectivity index (χ1v) is 13.1. The van der Waals surface area contributed by atoms with Gasteiger partial charge < -0.3 is 10.6 Å². The first-order valence-electron chi connectivity index (χ1n) is 11.3. The topological polar surface area (TPSA) is 95.6 Å². The zero-order valence-electron chi connectivity index (χ0n) is 19.2. The van der Waals surface area contributed by atoms with E-state index in [4.69, 9.17) is 11.6 Å². The van der Waals surface area contributed by atoms with E-state index in [1.54, 1.807) is 43.3 Å². The lowest BCUT2D eigenvalue weighted by atomic mass is 9.92. The van der Waals surface area contributed by atoms with Crippen LogP contribution in [0, 0.1) is 0 Å². The van der Waals surface area contributed by atoms with E-state index in [2.05, 4.69) is 10.6 Å². The molecule has 3 aromatic rings. The zero-order valence-corrected chi connectivity index (χ0v) is 20.8. The molecular formula is C26H26ClN3O4S. The number of nitrogens with one attached hydrogen (secondary N) is 2. The van der Waals surface area contributed by atoms with Crippen LogP contribution in [0.1, 0.15) is 36.9 Å². The molecule has 35 heavy (non-hydrogen) atoms. The molecule has 2 N–H and O–H groups in total. The van der Waals surface area contributed by atoms with Crippen molar-refractivity contribution in [2.75, 3.05) is 17.2 Å². The fraction of sp³-hybridized carbons (Fsp3) is 0.231. The average molecular weight is 512 g/mol. The molecule has 7 nitrogen and oxygen atoms in total. The van der Waals surface area contributed by atoms with Crippen molar-refractivity contribution in [3.63, 3.8) is 0 Å². The molecule has 2 amide bonds. The van der Waals surface area contributed by atoms with E-state index in [1.165, 1.54) is 16.4 Å². The molecule has 0 saturated heterocycles. The maximum Gasteiger partial charge on any atom is 0.243 e. The molecule has 1 heterocycles. The molecule has 0 unspecified atom stereocenters. The summed E-state index contributed by atoms with van der Waals surface area (Å²) in [5, 5.41) is 6.10. The Morgan fingerprint density at radius 1 is 0.914 bits per heavy atom. The molecule has 0 bridgehead atoms. The van der Waals surface area contributed by atoms with E-state index in [9.17, 15) is 18.0 Å². The second kappa shape index (κ2) is 10.6. The summed E-state index contributed by atoms with van der Waals surface area (Å²) in [6.45, 7) is 2.00. The van der Waals surface area contributed by atoms with Crippen molar-refractivity contribution in [1.29, 1.82) is 0 Å². The Bertz CT molecular complexity index is 1330. The van der Waals surface area contributed by atoms with Crippen molar-refractivity contribution < 1.29 is 18.0 Å². The van der Waals surface area contributed by atoms with E-state index < -0.39 is 16.1 Å². The molecular weight excluding hydrogens is 486 g/mol. The number of carbonyl (C=O) groups excluding carboxylic acids is 2. The van der Waals surface area contributed by atoms with Gasteiger partial charge in [0.05, 0.1) is 10.9 Å². The minimum atomic E-state index is -3.91. The molecule has 9 heteroatoms. The number of hydrogen-bond donors (Lipinski definition) is 2. The number of fused-ring (bicyclic) bond motifs is 1. The van der Waals surface area contributed by atoms with E-state index in [0.717, 1.165) is 11.1 Å². The fourth-order valence-electron chi connectivity index (χ4n) is 4.14. The summed E-state index contributed by atoms with van der Waals surface area (Å²) in [4.78, 5) is 24.7. The van der Waals surface area contributed by atoms with E-state index in [1.807, 2.05) is 24.3 Å². The van der Waals surface area contributed by atoms with Gasteiger partial charge in [-0.05, 0) is 66.1 Å². The van der Waals surface area contributed by atoms with Gasteiger partial charge in [0.1, 0.15) is 0 Å². The lowest BCUT2D eigenvalue weighted by Gasteiger charge is -2.36. The Morgan fingerprint density at radius 3 is 2.17 bits per heavy atom. The summed E-state index contributed by atoms with van der Waals surface area (Å²) in [5.74, 6) is -0.452. The van der Waals surface area contributed by atoms with Crippen LogP contribution in [0.5, 0.6) is 0 Å². The fourth-order valence-corrected chi connectivity index (χ4v) is 5.88. The third-order valence-electron chi connectivity index (χ3n) is 5.94. The molecule has 0 aliphatic carbocycles. The number of benzene rings is 3. The summed E-state index contributed by atoms with van der Waals surface area (Å²) >= 11 is 5.92. The largest absolute Gasteiger partial charge is 0.326 e. The summed E-state index contributed by atoms with van der Waals surface area (Å²) in [5.41, 5.74) is 2.96. The molecule has 4 rings (SSSR count). The van der Waals surface area contributed by atoms with Gasteiger partial charge in [-0.3, -0.25) is 9.59 Å². The van der Waals surface area contributed by atoms with Gasteiger partial charge in [-0.25, -0.2) is 8.42 Å². The van der Waals surface area contributed by atoms with E-state index in [-0.39, 0.29) is 29.7 Å². The Labute approximate surface area is 210 Å². The van der Waals surface area contributed by atoms with Crippen LogP contribution in [0.2, 0.25) is 5.02 Å². The molecule has 0 spiro atoms. The number of sulfonamides is 1. The van der Waals surface area contributed by atoms with Gasteiger partial charge in [0.25, 0.3) is 0 Å². The van der Waals surface area contributed by atoms with Crippen LogP contribution in [-0.2, 0) is 26.0 Å². The van der Waals surface area contributed by atoms with Crippen LogP contribution in [0.25, 0.3) is 0 Å². The summed E-state index contributed by atoms with van der Waals surface area (Å²) < 4.78 is 28.7. The molecule has 0 radical (unpaired) electrons. The van der Waals surface area contributed by atoms with Gasteiger partial charge in [-0.15, -0.1) is 0 Å². The predicted octanol–water partition coefficient (Wildman–Crippen LogP) is 5.01. The standard InChI is InChI=1S/C26H26ClN3O4S/c1-2-25(31)28-21-11-13-22(14-12-21)35(33,34)30-16-15-18-5-3-4-6-23(18)24(30)17-26(32)29-20-9-7-19(27)8-10-20/h3-14,24H,2,15-17H2,1H3,(H,28,31)(H,29,32)/t24-/m1/s1. The number of carbonyl (C=O) groups is 2. The maximum absolute atomic E-state index is 13.7. The lowest BCUT2D eigenvalue weighted by Crippen LogP contribution is -2.41. The Balaban J connectivity index is 1.61. The number of nitrogens with zero attached hydrogens (tertiary/aromatic N) is 1. The van der Waals surface area contributed by atoms with Crippen molar-refractivity contribution in [2.45, 2.75) is 37.1 Å². The number of halogens is 1. The minimum Gasteiger partial charge on any atom is -0.326 e. The van der Waals surface area contributed by atoms with Crippen molar-refractivity contribution in [2.24, 2.45) is 0 Å². The van der Waals surface area contributed by atoms with Crippen LogP contribution < -0.4 is 10.6 Å². The highest BCUT2D eigenvalue weighted by Gasteiger charge is 2.37. The van der Waals surface area contributed by atoms with E-state index >= 15 is 0 Å². The Kier molecular flexibility index (Phi) is 7.54. The second-order valence-electron chi connectivity index (χ2n) is 8.27. The SMILES string of the molecule is CCC(=O)Nc1ccc(S(=O)(=O)N2CCc3ccccc3[C@H]2CC(=O)Nc2ccc(Cl)cc2)cc1. The van der Waals surface area contributed by atoms with Crippen molar-refractivity contribution in [3.8, 4) is 0 Å². The molecule has 1 aliphatic rings. The van der Waals surface area contributed by atoms with Gasteiger partial charge in [0, 0.05) is 35.8 Å². The lowest BCUT2D eigenvalue weighted by molar-refractivity contribution is -0.117. The first-order chi connectivity index (χ1) is 16.8. The molecule has 0 aromatic heterocycles. The van der Waals surface area contributed by atoms with Gasteiger partial charge in [-0.2, -0.15) is 4.31 Å². The van der Waals surface area contributed by atoms with Gasteiger partial charge in [-0.1, -0.05) is 42.8 Å². The molecule has 0 fully saturated rings. The monoisotopic (exact) mass is 511 g/mol. The first kappa shape index (κ1) is 24.9. The summed E-state index contributed by atoms with van der Waals surface area (Å²) in [7, 11) is -3.91. The number of amides is 2. The number of rotatable bonds is 7. The summed E-state index contributed by atoms with van der Waals surface area (Å²) in [6, 6.07) is 19.8.